The lowest BCUT2D eigenvalue weighted by molar-refractivity contribution is 0.0509. The van der Waals surface area contributed by atoms with Crippen molar-refractivity contribution in [2.75, 3.05) is 13.9 Å². The third-order valence-electron chi connectivity index (χ3n) is 2.91. The molecule has 0 N–H and O–H groups in total. The molecule has 0 spiro atoms. The lowest BCUT2D eigenvalue weighted by Crippen LogP contribution is -2.04. The first kappa shape index (κ1) is 15.1. The highest BCUT2D eigenvalue weighted by Crippen LogP contribution is 2.26. The molecule has 0 radical (unpaired) electrons. The number of hydrogen-bond acceptors (Lipinski definition) is 4. The second kappa shape index (κ2) is 7.45. The SMILES string of the molecule is COCOc1ccc(C(C)=O)c(OCc2ccccc2)c1. The second-order valence-electron chi connectivity index (χ2n) is 4.54. The van der Waals surface area contributed by atoms with Crippen molar-refractivity contribution < 1.29 is 19.0 Å². The maximum absolute atomic E-state index is 11.7. The number of ketones is 1. The molecule has 0 heterocycles. The Hall–Kier alpha value is -2.33. The summed E-state index contributed by atoms with van der Waals surface area (Å²) >= 11 is 0. The number of carbonyl (C=O) groups excluding carboxylic acids is 1. The Morgan fingerprint density at radius 3 is 2.48 bits per heavy atom. The summed E-state index contributed by atoms with van der Waals surface area (Å²) in [4.78, 5) is 11.7. The van der Waals surface area contributed by atoms with E-state index in [9.17, 15) is 4.79 Å². The van der Waals surface area contributed by atoms with E-state index in [-0.39, 0.29) is 12.6 Å². The highest BCUT2D eigenvalue weighted by molar-refractivity contribution is 5.97. The van der Waals surface area contributed by atoms with Gasteiger partial charge in [0.05, 0.1) is 5.56 Å². The van der Waals surface area contributed by atoms with Crippen LogP contribution in [0.1, 0.15) is 22.8 Å². The summed E-state index contributed by atoms with van der Waals surface area (Å²) in [5, 5.41) is 0. The number of benzene rings is 2. The number of Topliss-reactive ketones (excluding diaryl/α,β-unsaturated/α-hetero) is 1. The minimum atomic E-state index is -0.0450. The van der Waals surface area contributed by atoms with Crippen molar-refractivity contribution in [3.8, 4) is 11.5 Å². The van der Waals surface area contributed by atoms with Crippen LogP contribution in [0, 0.1) is 0 Å². The van der Waals surface area contributed by atoms with E-state index in [0.717, 1.165) is 5.56 Å². The van der Waals surface area contributed by atoms with Crippen LogP contribution < -0.4 is 9.47 Å². The number of ether oxygens (including phenoxy) is 3. The molecule has 0 unspecified atom stereocenters. The Balaban J connectivity index is 2.16. The molecular formula is C17H18O4. The molecule has 21 heavy (non-hydrogen) atoms. The summed E-state index contributed by atoms with van der Waals surface area (Å²) in [6.45, 7) is 2.06. The summed E-state index contributed by atoms with van der Waals surface area (Å²) < 4.78 is 16.0. The minimum Gasteiger partial charge on any atom is -0.488 e. The highest BCUT2D eigenvalue weighted by Gasteiger charge is 2.10. The first-order chi connectivity index (χ1) is 10.2. The van der Waals surface area contributed by atoms with Gasteiger partial charge in [0.25, 0.3) is 0 Å². The van der Waals surface area contributed by atoms with Gasteiger partial charge in [-0.3, -0.25) is 4.79 Å². The van der Waals surface area contributed by atoms with Crippen LogP contribution in [0.5, 0.6) is 11.5 Å². The summed E-state index contributed by atoms with van der Waals surface area (Å²) in [7, 11) is 1.55. The van der Waals surface area contributed by atoms with Gasteiger partial charge in [-0.25, -0.2) is 0 Å². The van der Waals surface area contributed by atoms with Gasteiger partial charge in [0.15, 0.2) is 12.6 Å². The Kier molecular flexibility index (Phi) is 5.35. The van der Waals surface area contributed by atoms with Gasteiger partial charge in [-0.15, -0.1) is 0 Å². The molecule has 4 heteroatoms. The van der Waals surface area contributed by atoms with Crippen LogP contribution in [0.15, 0.2) is 48.5 Å². The van der Waals surface area contributed by atoms with E-state index < -0.39 is 0 Å². The summed E-state index contributed by atoms with van der Waals surface area (Å²) in [5.41, 5.74) is 1.57. The van der Waals surface area contributed by atoms with Crippen molar-refractivity contribution in [3.63, 3.8) is 0 Å². The van der Waals surface area contributed by atoms with Gasteiger partial charge in [0.2, 0.25) is 0 Å². The molecule has 0 bridgehead atoms. The van der Waals surface area contributed by atoms with Crippen LogP contribution >= 0.6 is 0 Å². The monoisotopic (exact) mass is 286 g/mol. The van der Waals surface area contributed by atoms with Gasteiger partial charge < -0.3 is 14.2 Å². The Bertz CT molecular complexity index is 593. The topological polar surface area (TPSA) is 44.8 Å². The van der Waals surface area contributed by atoms with Crippen LogP contribution in [0.2, 0.25) is 0 Å². The summed E-state index contributed by atoms with van der Waals surface area (Å²) in [6, 6.07) is 14.9. The molecule has 2 rings (SSSR count). The predicted molar refractivity (Wildman–Crippen MR) is 79.7 cm³/mol. The standard InChI is InChI=1S/C17H18O4/c1-13(18)16-9-8-15(21-12-19-2)10-17(16)20-11-14-6-4-3-5-7-14/h3-10H,11-12H2,1-2H3. The maximum atomic E-state index is 11.7. The van der Waals surface area contributed by atoms with Crippen LogP contribution in [-0.2, 0) is 11.3 Å². The van der Waals surface area contributed by atoms with Crippen molar-refractivity contribution >= 4 is 5.78 Å². The van der Waals surface area contributed by atoms with Crippen molar-refractivity contribution in [2.45, 2.75) is 13.5 Å². The average Bonchev–Trinajstić information content (AvgIpc) is 2.51. The number of methoxy groups -OCH3 is 1. The van der Waals surface area contributed by atoms with E-state index in [0.29, 0.717) is 23.7 Å². The van der Waals surface area contributed by atoms with E-state index in [1.54, 1.807) is 25.3 Å². The normalized spacial score (nSPS) is 10.2. The predicted octanol–water partition coefficient (Wildman–Crippen LogP) is 3.45. The van der Waals surface area contributed by atoms with E-state index in [4.69, 9.17) is 14.2 Å². The molecule has 0 aliphatic rings. The molecule has 0 aliphatic heterocycles. The van der Waals surface area contributed by atoms with Crippen molar-refractivity contribution in [2.24, 2.45) is 0 Å². The first-order valence-electron chi connectivity index (χ1n) is 6.64. The highest BCUT2D eigenvalue weighted by atomic mass is 16.7. The number of rotatable bonds is 7. The van der Waals surface area contributed by atoms with Gasteiger partial charge in [0.1, 0.15) is 18.1 Å². The minimum absolute atomic E-state index is 0.0450. The zero-order valence-corrected chi connectivity index (χ0v) is 12.2. The first-order valence-corrected chi connectivity index (χ1v) is 6.64. The molecule has 0 saturated carbocycles. The second-order valence-corrected chi connectivity index (χ2v) is 4.54. The molecule has 0 aromatic heterocycles. The fraction of sp³-hybridized carbons (Fsp3) is 0.235. The Morgan fingerprint density at radius 2 is 1.81 bits per heavy atom. The third-order valence-corrected chi connectivity index (χ3v) is 2.91. The molecule has 0 saturated heterocycles. The Morgan fingerprint density at radius 1 is 1.05 bits per heavy atom. The summed E-state index contributed by atoms with van der Waals surface area (Å²) in [5.74, 6) is 1.07. The summed E-state index contributed by atoms with van der Waals surface area (Å²) in [6.07, 6.45) is 0. The van der Waals surface area contributed by atoms with Gasteiger partial charge in [-0.2, -0.15) is 0 Å². The smallest absolute Gasteiger partial charge is 0.188 e. The van der Waals surface area contributed by atoms with E-state index in [1.807, 2.05) is 30.3 Å². The molecule has 4 nitrogen and oxygen atoms in total. The Labute approximate surface area is 124 Å². The molecule has 110 valence electrons. The van der Waals surface area contributed by atoms with Crippen LogP contribution in [-0.4, -0.2) is 19.7 Å². The average molecular weight is 286 g/mol. The molecule has 0 fully saturated rings. The zero-order valence-electron chi connectivity index (χ0n) is 12.2. The van der Waals surface area contributed by atoms with Gasteiger partial charge in [0, 0.05) is 13.2 Å². The number of carbonyl (C=O) groups is 1. The molecule has 0 amide bonds. The fourth-order valence-electron chi connectivity index (χ4n) is 1.87. The fourth-order valence-corrected chi connectivity index (χ4v) is 1.87. The number of hydrogen-bond donors (Lipinski definition) is 0. The van der Waals surface area contributed by atoms with E-state index >= 15 is 0 Å². The third kappa shape index (κ3) is 4.33. The molecule has 2 aromatic rings. The quantitative estimate of drug-likeness (QED) is 0.577. The molecule has 0 atom stereocenters. The molecule has 0 aliphatic carbocycles. The van der Waals surface area contributed by atoms with Crippen LogP contribution in [0.3, 0.4) is 0 Å². The lowest BCUT2D eigenvalue weighted by Gasteiger charge is -2.12. The van der Waals surface area contributed by atoms with Gasteiger partial charge in [-0.1, -0.05) is 30.3 Å². The van der Waals surface area contributed by atoms with E-state index in [2.05, 4.69) is 0 Å². The molecular weight excluding hydrogens is 268 g/mol. The van der Waals surface area contributed by atoms with Crippen LogP contribution in [0.4, 0.5) is 0 Å². The van der Waals surface area contributed by atoms with Crippen molar-refractivity contribution in [1.29, 1.82) is 0 Å². The van der Waals surface area contributed by atoms with Crippen LogP contribution in [0.25, 0.3) is 0 Å². The zero-order chi connectivity index (χ0) is 15.1. The lowest BCUT2D eigenvalue weighted by atomic mass is 10.1. The van der Waals surface area contributed by atoms with Crippen molar-refractivity contribution in [1.82, 2.24) is 0 Å². The van der Waals surface area contributed by atoms with Gasteiger partial charge >= 0.3 is 0 Å². The van der Waals surface area contributed by atoms with Crippen molar-refractivity contribution in [3.05, 3.63) is 59.7 Å². The maximum Gasteiger partial charge on any atom is 0.188 e. The largest absolute Gasteiger partial charge is 0.488 e. The van der Waals surface area contributed by atoms with Gasteiger partial charge in [-0.05, 0) is 24.6 Å². The molecule has 2 aromatic carbocycles. The van der Waals surface area contributed by atoms with E-state index in [1.165, 1.54) is 6.92 Å².